The average molecular weight is 406 g/mol. The average Bonchev–Trinajstić information content (AvgIpc) is 3.14. The molecule has 0 saturated heterocycles. The van der Waals surface area contributed by atoms with Crippen molar-refractivity contribution in [2.24, 2.45) is 7.05 Å². The van der Waals surface area contributed by atoms with Gasteiger partial charge in [0.2, 0.25) is 0 Å². The second kappa shape index (κ2) is 6.72. The molecule has 0 unspecified atom stereocenters. The molecule has 0 bridgehead atoms. The van der Waals surface area contributed by atoms with E-state index in [0.29, 0.717) is 26.4 Å². The standard InChI is InChI=1S/C18H16F2N4OS2/c1-9-10(2)27-15-14(9)16(25)23(3)18(22-15)26-8-13-21-11-6-4-5-7-12(11)24(13)17(19)20/h4-7,17H,8H2,1-3H3. The number of fused-ring (bicyclic) bond motifs is 2. The number of para-hydroxylation sites is 2. The number of hydrogen-bond donors (Lipinski definition) is 0. The Kier molecular flexibility index (Phi) is 4.51. The second-order valence-corrected chi connectivity index (χ2v) is 8.32. The van der Waals surface area contributed by atoms with E-state index in [1.807, 2.05) is 13.8 Å². The first-order chi connectivity index (χ1) is 12.9. The molecule has 0 aliphatic rings. The van der Waals surface area contributed by atoms with Gasteiger partial charge in [-0.05, 0) is 31.5 Å². The Balaban J connectivity index is 1.74. The van der Waals surface area contributed by atoms with Gasteiger partial charge in [-0.25, -0.2) is 9.97 Å². The fraction of sp³-hybridized carbons (Fsp3) is 0.278. The largest absolute Gasteiger partial charge is 0.320 e. The summed E-state index contributed by atoms with van der Waals surface area (Å²) in [5.74, 6) is 0.442. The first-order valence-corrected chi connectivity index (χ1v) is 10.0. The first kappa shape index (κ1) is 18.1. The van der Waals surface area contributed by atoms with Crippen molar-refractivity contribution in [3.8, 4) is 0 Å². The van der Waals surface area contributed by atoms with Gasteiger partial charge in [0.1, 0.15) is 10.7 Å². The first-order valence-electron chi connectivity index (χ1n) is 8.22. The molecule has 0 radical (unpaired) electrons. The molecule has 9 heteroatoms. The van der Waals surface area contributed by atoms with Crippen molar-refractivity contribution < 1.29 is 8.78 Å². The highest BCUT2D eigenvalue weighted by Crippen LogP contribution is 2.30. The lowest BCUT2D eigenvalue weighted by atomic mass is 10.2. The number of thioether (sulfide) groups is 1. The normalized spacial score (nSPS) is 11.9. The highest BCUT2D eigenvalue weighted by atomic mass is 32.2. The summed E-state index contributed by atoms with van der Waals surface area (Å²) >= 11 is 2.70. The smallest absolute Gasteiger partial charge is 0.290 e. The third-order valence-electron chi connectivity index (χ3n) is 4.56. The van der Waals surface area contributed by atoms with E-state index in [-0.39, 0.29) is 17.1 Å². The fourth-order valence-electron chi connectivity index (χ4n) is 3.03. The number of benzene rings is 1. The third kappa shape index (κ3) is 2.94. The lowest BCUT2D eigenvalue weighted by Crippen LogP contribution is -2.20. The van der Waals surface area contributed by atoms with Crippen LogP contribution in [0, 0.1) is 13.8 Å². The van der Waals surface area contributed by atoms with Crippen LogP contribution in [0.1, 0.15) is 22.8 Å². The van der Waals surface area contributed by atoms with E-state index in [0.717, 1.165) is 15.0 Å². The molecule has 1 aromatic carbocycles. The van der Waals surface area contributed by atoms with Crippen molar-refractivity contribution in [2.75, 3.05) is 0 Å². The Morgan fingerprint density at radius 1 is 1.22 bits per heavy atom. The zero-order valence-corrected chi connectivity index (χ0v) is 16.5. The molecule has 4 aromatic rings. The Morgan fingerprint density at radius 2 is 1.96 bits per heavy atom. The number of halogens is 2. The van der Waals surface area contributed by atoms with Crippen molar-refractivity contribution >= 4 is 44.3 Å². The van der Waals surface area contributed by atoms with E-state index in [2.05, 4.69) is 9.97 Å². The van der Waals surface area contributed by atoms with Gasteiger partial charge in [-0.2, -0.15) is 8.78 Å². The Bertz CT molecular complexity index is 1230. The molecule has 5 nitrogen and oxygen atoms in total. The van der Waals surface area contributed by atoms with E-state index in [9.17, 15) is 13.6 Å². The van der Waals surface area contributed by atoms with Gasteiger partial charge in [0.15, 0.2) is 5.16 Å². The van der Waals surface area contributed by atoms with Crippen LogP contribution in [0.15, 0.2) is 34.2 Å². The van der Waals surface area contributed by atoms with Crippen molar-refractivity contribution in [1.29, 1.82) is 0 Å². The Morgan fingerprint density at radius 3 is 2.70 bits per heavy atom. The Hall–Kier alpha value is -2.26. The minimum absolute atomic E-state index is 0.119. The highest BCUT2D eigenvalue weighted by molar-refractivity contribution is 7.98. The van der Waals surface area contributed by atoms with Crippen LogP contribution in [0.25, 0.3) is 21.3 Å². The van der Waals surface area contributed by atoms with E-state index < -0.39 is 6.55 Å². The van der Waals surface area contributed by atoms with E-state index in [1.54, 1.807) is 31.3 Å². The quantitative estimate of drug-likeness (QED) is 0.366. The Labute approximate surface area is 161 Å². The van der Waals surface area contributed by atoms with Crippen LogP contribution in [0.4, 0.5) is 8.78 Å². The van der Waals surface area contributed by atoms with Crippen molar-refractivity contribution in [2.45, 2.75) is 31.3 Å². The molecule has 0 saturated carbocycles. The third-order valence-corrected chi connectivity index (χ3v) is 6.69. The summed E-state index contributed by atoms with van der Waals surface area (Å²) in [4.78, 5) is 23.3. The molecule has 3 aromatic heterocycles. The monoisotopic (exact) mass is 406 g/mol. The van der Waals surface area contributed by atoms with Crippen LogP contribution in [0.5, 0.6) is 0 Å². The number of aryl methyl sites for hydroxylation is 2. The molecule has 0 spiro atoms. The topological polar surface area (TPSA) is 52.7 Å². The zero-order chi connectivity index (χ0) is 19.3. The maximum absolute atomic E-state index is 13.6. The van der Waals surface area contributed by atoms with Gasteiger partial charge in [0, 0.05) is 11.9 Å². The summed E-state index contributed by atoms with van der Waals surface area (Å²) in [6, 6.07) is 6.81. The van der Waals surface area contributed by atoms with Gasteiger partial charge < -0.3 is 0 Å². The van der Waals surface area contributed by atoms with Gasteiger partial charge in [0.25, 0.3) is 5.56 Å². The molecule has 0 N–H and O–H groups in total. The lowest BCUT2D eigenvalue weighted by Gasteiger charge is -2.09. The maximum Gasteiger partial charge on any atom is 0.320 e. The number of aromatic nitrogens is 4. The summed E-state index contributed by atoms with van der Waals surface area (Å²) in [5.41, 5.74) is 1.74. The van der Waals surface area contributed by atoms with E-state index in [1.165, 1.54) is 27.7 Å². The minimum atomic E-state index is -2.69. The summed E-state index contributed by atoms with van der Waals surface area (Å²) < 4.78 is 29.5. The minimum Gasteiger partial charge on any atom is -0.290 e. The van der Waals surface area contributed by atoms with Crippen LogP contribution < -0.4 is 5.56 Å². The van der Waals surface area contributed by atoms with Crippen LogP contribution in [0.2, 0.25) is 0 Å². The summed E-state index contributed by atoms with van der Waals surface area (Å²) in [6.07, 6.45) is 0. The van der Waals surface area contributed by atoms with Gasteiger partial charge in [0.05, 0.1) is 22.2 Å². The predicted octanol–water partition coefficient (Wildman–Crippen LogP) is 4.65. The summed E-state index contributed by atoms with van der Waals surface area (Å²) in [5, 5.41) is 1.12. The molecule has 0 aliphatic carbocycles. The van der Waals surface area contributed by atoms with Gasteiger partial charge in [-0.15, -0.1) is 11.3 Å². The molecule has 0 aliphatic heterocycles. The number of alkyl halides is 2. The number of nitrogens with zero attached hydrogens (tertiary/aromatic N) is 4. The van der Waals surface area contributed by atoms with Crippen molar-refractivity contribution in [3.05, 3.63) is 50.9 Å². The highest BCUT2D eigenvalue weighted by Gasteiger charge is 2.19. The molecule has 0 amide bonds. The van der Waals surface area contributed by atoms with Crippen molar-refractivity contribution in [3.63, 3.8) is 0 Å². The van der Waals surface area contributed by atoms with Gasteiger partial charge in [-0.3, -0.25) is 13.9 Å². The fourth-order valence-corrected chi connectivity index (χ4v) is 5.00. The molecule has 3 heterocycles. The molecule has 140 valence electrons. The zero-order valence-electron chi connectivity index (χ0n) is 14.9. The summed E-state index contributed by atoms with van der Waals surface area (Å²) in [7, 11) is 1.65. The number of hydrogen-bond acceptors (Lipinski definition) is 5. The van der Waals surface area contributed by atoms with Gasteiger partial charge >= 0.3 is 6.55 Å². The number of imidazole rings is 1. The summed E-state index contributed by atoms with van der Waals surface area (Å²) in [6.45, 7) is 1.18. The predicted molar refractivity (Wildman–Crippen MR) is 105 cm³/mol. The molecule has 0 atom stereocenters. The van der Waals surface area contributed by atoms with Crippen LogP contribution in [-0.2, 0) is 12.8 Å². The molecule has 0 fully saturated rings. The second-order valence-electron chi connectivity index (χ2n) is 6.18. The molecular formula is C18H16F2N4OS2. The molecular weight excluding hydrogens is 390 g/mol. The van der Waals surface area contributed by atoms with E-state index >= 15 is 0 Å². The van der Waals surface area contributed by atoms with Crippen LogP contribution >= 0.6 is 23.1 Å². The molecule has 27 heavy (non-hydrogen) atoms. The number of thiophene rings is 1. The van der Waals surface area contributed by atoms with Crippen molar-refractivity contribution in [1.82, 2.24) is 19.1 Å². The number of rotatable bonds is 4. The van der Waals surface area contributed by atoms with Crippen LogP contribution in [0.3, 0.4) is 0 Å². The van der Waals surface area contributed by atoms with E-state index in [4.69, 9.17) is 0 Å². The maximum atomic E-state index is 13.6. The molecule has 4 rings (SSSR count). The van der Waals surface area contributed by atoms with Gasteiger partial charge in [-0.1, -0.05) is 23.9 Å². The SMILES string of the molecule is Cc1sc2nc(SCc3nc4ccccc4n3C(F)F)n(C)c(=O)c2c1C. The lowest BCUT2D eigenvalue weighted by molar-refractivity contribution is 0.0722. The van der Waals surface area contributed by atoms with Crippen LogP contribution in [-0.4, -0.2) is 19.1 Å².